The number of benzene rings is 7. The second-order valence-corrected chi connectivity index (χ2v) is 16.6. The van der Waals surface area contributed by atoms with Gasteiger partial charge in [-0.3, -0.25) is 0 Å². The van der Waals surface area contributed by atoms with E-state index >= 15 is 0 Å². The molecule has 0 aliphatic carbocycles. The Morgan fingerprint density at radius 3 is 1.02 bits per heavy atom. The predicted octanol–water partition coefficient (Wildman–Crippen LogP) is 3.10. The first kappa shape index (κ1) is 46.0. The van der Waals surface area contributed by atoms with Gasteiger partial charge in [0.2, 0.25) is 0 Å². The minimum Gasteiger partial charge on any atom is -0.744 e. The fraction of sp³-hybridized carbons (Fsp3) is 0.106. The van der Waals surface area contributed by atoms with Crippen molar-refractivity contribution >= 4 is 31.6 Å². The molecule has 0 aliphatic heterocycles. The van der Waals surface area contributed by atoms with Crippen molar-refractivity contribution in [3.63, 3.8) is 0 Å². The number of hydrogen-bond donors (Lipinski definition) is 0. The van der Waals surface area contributed by atoms with Crippen molar-refractivity contribution in [2.75, 3.05) is 9.80 Å². The third kappa shape index (κ3) is 12.3. The van der Waals surface area contributed by atoms with Crippen LogP contribution in [0.2, 0.25) is 0 Å². The molecular formula is C47H40N2Na2O6S2. The number of anilines is 2. The van der Waals surface area contributed by atoms with Gasteiger partial charge >= 0.3 is 59.1 Å². The monoisotopic (exact) mass is 838 g/mol. The van der Waals surface area contributed by atoms with Gasteiger partial charge in [-0.15, -0.1) is 0 Å². The Kier molecular flexibility index (Phi) is 16.4. The van der Waals surface area contributed by atoms with Gasteiger partial charge in [0.25, 0.3) is 0 Å². The Labute approximate surface area is 391 Å². The van der Waals surface area contributed by atoms with E-state index in [1.807, 2.05) is 121 Å². The standard InChI is InChI=1S/C47H42N2O6S2.2Na/c50-56(51,52)44-29-30-45(46(31-44)57(53,54)55)47(40-21-25-42(26-22-40)48(32-36-13-5-1-6-14-36)33-37-15-7-2-8-16-37)41-23-27-43(28-24-41)49(34-38-17-9-3-10-18-38)35-39-19-11-4-12-20-39;;/h1-31,47H,32-35H2,(H,50,51,52)(H,53,54,55);;/q;2*+1/p-2. The normalized spacial score (nSPS) is 11.3. The van der Waals surface area contributed by atoms with Gasteiger partial charge in [0, 0.05) is 43.5 Å². The first-order valence-corrected chi connectivity index (χ1v) is 21.2. The van der Waals surface area contributed by atoms with Crippen molar-refractivity contribution in [3.8, 4) is 0 Å². The average Bonchev–Trinajstić information content (AvgIpc) is 3.22. The van der Waals surface area contributed by atoms with E-state index in [9.17, 15) is 25.9 Å². The van der Waals surface area contributed by atoms with E-state index in [1.54, 1.807) is 0 Å². The van der Waals surface area contributed by atoms with Gasteiger partial charge in [0.05, 0.1) is 9.79 Å². The molecule has 0 N–H and O–H groups in total. The summed E-state index contributed by atoms with van der Waals surface area (Å²) >= 11 is 0. The van der Waals surface area contributed by atoms with E-state index in [0.717, 1.165) is 39.7 Å². The van der Waals surface area contributed by atoms with Gasteiger partial charge in [-0.25, -0.2) is 16.8 Å². The fourth-order valence-corrected chi connectivity index (χ4v) is 8.44. The van der Waals surface area contributed by atoms with Gasteiger partial charge in [0.1, 0.15) is 20.2 Å². The summed E-state index contributed by atoms with van der Waals surface area (Å²) in [7, 11) is -10.3. The molecule has 0 amide bonds. The quantitative estimate of drug-likeness (QED) is 0.0879. The third-order valence-electron chi connectivity index (χ3n) is 9.90. The molecule has 7 rings (SSSR count). The molecule has 0 aromatic heterocycles. The second kappa shape index (κ2) is 21.0. The number of hydrogen-bond acceptors (Lipinski definition) is 8. The Hall–Kier alpha value is -4.04. The molecule has 59 heavy (non-hydrogen) atoms. The maximum absolute atomic E-state index is 12.8. The van der Waals surface area contributed by atoms with E-state index in [4.69, 9.17) is 0 Å². The summed E-state index contributed by atoms with van der Waals surface area (Å²) in [5.74, 6) is -0.816. The molecule has 12 heteroatoms. The minimum atomic E-state index is -5.23. The van der Waals surface area contributed by atoms with Crippen LogP contribution in [-0.4, -0.2) is 25.9 Å². The van der Waals surface area contributed by atoms with Gasteiger partial charge < -0.3 is 18.9 Å². The molecular weight excluding hydrogens is 799 g/mol. The van der Waals surface area contributed by atoms with E-state index in [1.165, 1.54) is 6.07 Å². The Balaban J connectivity index is 0.00000331. The zero-order valence-electron chi connectivity index (χ0n) is 33.0. The topological polar surface area (TPSA) is 121 Å². The smallest absolute Gasteiger partial charge is 0.744 e. The molecule has 0 unspecified atom stereocenters. The number of rotatable bonds is 15. The molecule has 0 bridgehead atoms. The molecule has 0 saturated carbocycles. The van der Waals surface area contributed by atoms with E-state index in [0.29, 0.717) is 43.4 Å². The molecule has 0 saturated heterocycles. The van der Waals surface area contributed by atoms with Crippen molar-refractivity contribution in [1.82, 2.24) is 0 Å². The van der Waals surface area contributed by atoms with E-state index in [-0.39, 0.29) is 64.7 Å². The molecule has 0 radical (unpaired) electrons. The Morgan fingerprint density at radius 1 is 0.407 bits per heavy atom. The molecule has 0 atom stereocenters. The molecule has 0 heterocycles. The Bertz CT molecular complexity index is 2410. The summed E-state index contributed by atoms with van der Waals surface area (Å²) in [6, 6.07) is 59.0. The van der Waals surface area contributed by atoms with Crippen LogP contribution < -0.4 is 68.9 Å². The number of nitrogens with zero attached hydrogens (tertiary/aromatic N) is 2. The van der Waals surface area contributed by atoms with Gasteiger partial charge in [0.15, 0.2) is 0 Å². The predicted molar refractivity (Wildman–Crippen MR) is 222 cm³/mol. The third-order valence-corrected chi connectivity index (χ3v) is 11.6. The average molecular weight is 839 g/mol. The van der Waals surface area contributed by atoms with Crippen LogP contribution in [0.5, 0.6) is 0 Å². The second-order valence-electron chi connectivity index (χ2n) is 13.9. The summed E-state index contributed by atoms with van der Waals surface area (Å²) in [6.07, 6.45) is 0. The van der Waals surface area contributed by atoms with E-state index < -0.39 is 35.9 Å². The van der Waals surface area contributed by atoms with Crippen molar-refractivity contribution in [3.05, 3.63) is 227 Å². The summed E-state index contributed by atoms with van der Waals surface area (Å²) in [6.45, 7) is 2.52. The zero-order chi connectivity index (χ0) is 39.8. The SMILES string of the molecule is O=S(=O)([O-])c1ccc(C(c2ccc(N(Cc3ccccc3)Cc3ccccc3)cc2)c2ccc(N(Cc3ccccc3)Cc3ccccc3)cc2)c(S(=O)(=O)[O-])c1.[Na+].[Na+]. The summed E-state index contributed by atoms with van der Waals surface area (Å²) in [4.78, 5) is 2.93. The van der Waals surface area contributed by atoms with Crippen LogP contribution in [0, 0.1) is 0 Å². The molecule has 0 fully saturated rings. The van der Waals surface area contributed by atoms with Crippen LogP contribution in [0.25, 0.3) is 0 Å². The molecule has 0 aliphatic rings. The fourth-order valence-electron chi connectivity index (χ4n) is 7.12. The van der Waals surface area contributed by atoms with Crippen LogP contribution in [0.3, 0.4) is 0 Å². The summed E-state index contributed by atoms with van der Waals surface area (Å²) in [5, 5.41) is 0. The summed E-state index contributed by atoms with van der Waals surface area (Å²) in [5.41, 5.74) is 7.74. The minimum absolute atomic E-state index is 0. The van der Waals surface area contributed by atoms with Crippen molar-refractivity contribution < 1.29 is 85.1 Å². The van der Waals surface area contributed by atoms with Gasteiger partial charge in [-0.05, 0) is 75.3 Å². The Morgan fingerprint density at radius 2 is 0.729 bits per heavy atom. The maximum Gasteiger partial charge on any atom is 1.00 e. The van der Waals surface area contributed by atoms with Gasteiger partial charge in [-0.2, -0.15) is 0 Å². The first-order chi connectivity index (χ1) is 27.5. The van der Waals surface area contributed by atoms with Crippen LogP contribution in [0.15, 0.2) is 198 Å². The molecule has 7 aromatic rings. The van der Waals surface area contributed by atoms with Crippen molar-refractivity contribution in [2.45, 2.75) is 41.9 Å². The van der Waals surface area contributed by atoms with Crippen LogP contribution in [-0.2, 0) is 46.4 Å². The first-order valence-electron chi connectivity index (χ1n) is 18.4. The molecule has 0 spiro atoms. The maximum atomic E-state index is 12.8. The molecule has 288 valence electrons. The van der Waals surface area contributed by atoms with Crippen LogP contribution in [0.1, 0.15) is 44.9 Å². The zero-order valence-corrected chi connectivity index (χ0v) is 38.6. The van der Waals surface area contributed by atoms with E-state index in [2.05, 4.69) is 58.3 Å². The van der Waals surface area contributed by atoms with Crippen LogP contribution in [0.4, 0.5) is 11.4 Å². The van der Waals surface area contributed by atoms with Crippen molar-refractivity contribution in [1.29, 1.82) is 0 Å². The summed E-state index contributed by atoms with van der Waals surface area (Å²) < 4.78 is 74.4. The van der Waals surface area contributed by atoms with Crippen LogP contribution >= 0.6 is 0 Å². The largest absolute Gasteiger partial charge is 1.00 e. The molecule has 7 aromatic carbocycles. The van der Waals surface area contributed by atoms with Crippen molar-refractivity contribution in [2.24, 2.45) is 0 Å². The van der Waals surface area contributed by atoms with Gasteiger partial charge in [-0.1, -0.05) is 152 Å². The molecule has 8 nitrogen and oxygen atoms in total.